The fourth-order valence-electron chi connectivity index (χ4n) is 4.56. The van der Waals surface area contributed by atoms with Crippen LogP contribution in [0.25, 0.3) is 0 Å². The van der Waals surface area contributed by atoms with Gasteiger partial charge in [0.2, 0.25) is 11.8 Å². The Kier molecular flexibility index (Phi) is 10.3. The van der Waals surface area contributed by atoms with E-state index < -0.39 is 12.1 Å². The predicted octanol–water partition coefficient (Wildman–Crippen LogP) is 4.83. The van der Waals surface area contributed by atoms with Gasteiger partial charge in [-0.05, 0) is 60.6 Å². The van der Waals surface area contributed by atoms with E-state index in [1.54, 1.807) is 46.2 Å². The molecule has 2 aromatic carbocycles. The first kappa shape index (κ1) is 29.0. The second kappa shape index (κ2) is 12.8. The summed E-state index contributed by atoms with van der Waals surface area (Å²) in [6.45, 7) is 5.35. The molecule has 0 saturated carbocycles. The normalized spacial score (nSPS) is 17.9. The van der Waals surface area contributed by atoms with E-state index in [2.05, 4.69) is 13.8 Å². The van der Waals surface area contributed by atoms with Gasteiger partial charge in [0.25, 0.3) is 0 Å². The topological polar surface area (TPSA) is 92.7 Å². The summed E-state index contributed by atoms with van der Waals surface area (Å²) in [7, 11) is 0. The van der Waals surface area contributed by atoms with Gasteiger partial charge in [-0.1, -0.05) is 72.4 Å². The number of rotatable bonds is 8. The molecule has 2 amide bonds. The highest BCUT2D eigenvalue weighted by molar-refractivity contribution is 6.35. The van der Waals surface area contributed by atoms with Gasteiger partial charge in [0.1, 0.15) is 0 Å². The van der Waals surface area contributed by atoms with E-state index in [9.17, 15) is 9.59 Å². The van der Waals surface area contributed by atoms with Crippen molar-refractivity contribution in [3.05, 3.63) is 67.6 Å². The summed E-state index contributed by atoms with van der Waals surface area (Å²) in [4.78, 5) is 30.1. The van der Waals surface area contributed by atoms with Gasteiger partial charge in [-0.25, -0.2) is 0 Å². The lowest BCUT2D eigenvalue weighted by Crippen LogP contribution is -2.61. The molecule has 10 heteroatoms. The molecule has 1 aliphatic heterocycles. The van der Waals surface area contributed by atoms with Gasteiger partial charge in [-0.2, -0.15) is 0 Å². The molecule has 1 heterocycles. The number of nitrogens with zero attached hydrogens (tertiary/aromatic N) is 2. The van der Waals surface area contributed by atoms with Crippen LogP contribution in [-0.4, -0.2) is 59.4 Å². The largest absolute Gasteiger partial charge is 0.338 e. The van der Waals surface area contributed by atoms with E-state index in [0.29, 0.717) is 58.5 Å². The van der Waals surface area contributed by atoms with E-state index in [1.807, 2.05) is 0 Å². The maximum absolute atomic E-state index is 13.4. The van der Waals surface area contributed by atoms with E-state index in [0.717, 1.165) is 17.5 Å². The van der Waals surface area contributed by atoms with E-state index in [-0.39, 0.29) is 17.9 Å². The van der Waals surface area contributed by atoms with Crippen LogP contribution in [0.2, 0.25) is 20.1 Å². The molecule has 196 valence electrons. The first-order valence-electron chi connectivity index (χ1n) is 11.9. The summed E-state index contributed by atoms with van der Waals surface area (Å²) in [5.74, 6) is -0.000963. The fourth-order valence-corrected chi connectivity index (χ4v) is 5.53. The average Bonchev–Trinajstić information content (AvgIpc) is 2.81. The van der Waals surface area contributed by atoms with Crippen LogP contribution in [0.3, 0.4) is 0 Å². The standard InChI is InChI=1S/C26H32Cl4N4O2/c1-15(2)9-20-14-33(25(35)23(31)10-16-3-5-18(27)12-21(16)29)7-8-34(20)26(36)24(32)11-17-4-6-19(28)13-22(17)30/h3-6,12-13,15,20,23-24H,7-11,14,31-32H2,1-2H3/t20-,23-,24-/m1/s1. The maximum atomic E-state index is 13.4. The van der Waals surface area contributed by atoms with Crippen LogP contribution >= 0.6 is 46.4 Å². The molecule has 0 aliphatic carbocycles. The SMILES string of the molecule is CC(C)C[C@@H]1CN(C(=O)[C@H](N)Cc2ccc(Cl)cc2Cl)CCN1C(=O)[C@H](N)Cc1ccc(Cl)cc1Cl. The van der Waals surface area contributed by atoms with Crippen LogP contribution in [0.5, 0.6) is 0 Å². The summed E-state index contributed by atoms with van der Waals surface area (Å²) < 4.78 is 0. The van der Waals surface area contributed by atoms with Crippen LogP contribution in [0.4, 0.5) is 0 Å². The zero-order chi connectivity index (χ0) is 26.6. The maximum Gasteiger partial charge on any atom is 0.240 e. The second-order valence-electron chi connectivity index (χ2n) is 9.69. The van der Waals surface area contributed by atoms with Gasteiger partial charge < -0.3 is 21.3 Å². The number of nitrogens with two attached hydrogens (primary N) is 2. The Balaban J connectivity index is 1.68. The summed E-state index contributed by atoms with van der Waals surface area (Å²) in [6, 6.07) is 8.64. The molecule has 1 fully saturated rings. The molecule has 1 aliphatic rings. The Morgan fingerprint density at radius 3 is 1.83 bits per heavy atom. The number of carbonyl (C=O) groups is 2. The highest BCUT2D eigenvalue weighted by Crippen LogP contribution is 2.25. The highest BCUT2D eigenvalue weighted by Gasteiger charge is 2.36. The number of hydrogen-bond acceptors (Lipinski definition) is 4. The molecule has 2 aromatic rings. The Hall–Kier alpha value is -1.54. The lowest BCUT2D eigenvalue weighted by atomic mass is 9.97. The van der Waals surface area contributed by atoms with Gasteiger partial charge in [0.15, 0.2) is 0 Å². The first-order chi connectivity index (χ1) is 17.0. The first-order valence-corrected chi connectivity index (χ1v) is 13.5. The van der Waals surface area contributed by atoms with Crippen molar-refractivity contribution in [3.63, 3.8) is 0 Å². The molecule has 0 spiro atoms. The van der Waals surface area contributed by atoms with Crippen molar-refractivity contribution < 1.29 is 9.59 Å². The smallest absolute Gasteiger partial charge is 0.240 e. The minimum absolute atomic E-state index is 0.156. The lowest BCUT2D eigenvalue weighted by Gasteiger charge is -2.43. The summed E-state index contributed by atoms with van der Waals surface area (Å²) in [5.41, 5.74) is 14.1. The summed E-state index contributed by atoms with van der Waals surface area (Å²) in [6.07, 6.45) is 1.34. The lowest BCUT2D eigenvalue weighted by molar-refractivity contribution is -0.145. The molecule has 4 N–H and O–H groups in total. The van der Waals surface area contributed by atoms with E-state index >= 15 is 0 Å². The van der Waals surface area contributed by atoms with Gasteiger partial charge in [-0.3, -0.25) is 9.59 Å². The molecule has 1 saturated heterocycles. The van der Waals surface area contributed by atoms with Crippen molar-refractivity contribution in [1.82, 2.24) is 9.80 Å². The van der Waals surface area contributed by atoms with E-state index in [1.165, 1.54) is 0 Å². The van der Waals surface area contributed by atoms with Crippen molar-refractivity contribution in [2.75, 3.05) is 19.6 Å². The third-order valence-corrected chi connectivity index (χ3v) is 7.54. The molecule has 6 nitrogen and oxygen atoms in total. The van der Waals surface area contributed by atoms with Crippen LogP contribution in [0.15, 0.2) is 36.4 Å². The Labute approximate surface area is 232 Å². The van der Waals surface area contributed by atoms with Gasteiger partial charge >= 0.3 is 0 Å². The number of halogens is 4. The number of benzene rings is 2. The third kappa shape index (κ3) is 7.50. The molecule has 0 bridgehead atoms. The molecule has 36 heavy (non-hydrogen) atoms. The minimum atomic E-state index is -0.755. The fraction of sp³-hybridized carbons (Fsp3) is 0.462. The van der Waals surface area contributed by atoms with Gasteiger partial charge in [-0.15, -0.1) is 0 Å². The van der Waals surface area contributed by atoms with E-state index in [4.69, 9.17) is 57.9 Å². The van der Waals surface area contributed by atoms with Crippen LogP contribution < -0.4 is 11.5 Å². The van der Waals surface area contributed by atoms with Crippen LogP contribution in [0, 0.1) is 5.92 Å². The summed E-state index contributed by atoms with van der Waals surface area (Å²) >= 11 is 24.5. The average molecular weight is 574 g/mol. The highest BCUT2D eigenvalue weighted by atomic mass is 35.5. The van der Waals surface area contributed by atoms with Crippen molar-refractivity contribution in [3.8, 4) is 0 Å². The Morgan fingerprint density at radius 1 is 0.861 bits per heavy atom. The number of hydrogen-bond donors (Lipinski definition) is 2. The molecule has 0 unspecified atom stereocenters. The molecule has 0 aromatic heterocycles. The van der Waals surface area contributed by atoms with Gasteiger partial charge in [0, 0.05) is 45.8 Å². The van der Waals surface area contributed by atoms with Crippen molar-refractivity contribution in [2.24, 2.45) is 17.4 Å². The number of amides is 2. The molecular weight excluding hydrogens is 542 g/mol. The minimum Gasteiger partial charge on any atom is -0.338 e. The molecular formula is C26H32Cl4N4O2. The van der Waals surface area contributed by atoms with Crippen molar-refractivity contribution in [2.45, 2.75) is 51.2 Å². The number of piperazine rings is 1. The predicted molar refractivity (Wildman–Crippen MR) is 148 cm³/mol. The third-order valence-electron chi connectivity index (χ3n) is 6.37. The van der Waals surface area contributed by atoms with Crippen LogP contribution in [0.1, 0.15) is 31.4 Å². The second-order valence-corrected chi connectivity index (χ2v) is 11.4. The molecule has 3 atom stereocenters. The Bertz CT molecular complexity index is 1100. The zero-order valence-corrected chi connectivity index (χ0v) is 23.4. The molecule has 0 radical (unpaired) electrons. The van der Waals surface area contributed by atoms with Crippen LogP contribution in [-0.2, 0) is 22.4 Å². The number of carbonyl (C=O) groups excluding carboxylic acids is 2. The quantitative estimate of drug-likeness (QED) is 0.473. The monoisotopic (exact) mass is 572 g/mol. The Morgan fingerprint density at radius 2 is 1.36 bits per heavy atom. The van der Waals surface area contributed by atoms with Crippen molar-refractivity contribution in [1.29, 1.82) is 0 Å². The van der Waals surface area contributed by atoms with Crippen molar-refractivity contribution >= 4 is 58.2 Å². The zero-order valence-electron chi connectivity index (χ0n) is 20.4. The van der Waals surface area contributed by atoms with Gasteiger partial charge in [0.05, 0.1) is 12.1 Å². The summed E-state index contributed by atoms with van der Waals surface area (Å²) in [5, 5.41) is 2.01. The molecule has 3 rings (SSSR count).